The van der Waals surface area contributed by atoms with Crippen LogP contribution in [0.3, 0.4) is 0 Å². The van der Waals surface area contributed by atoms with Crippen LogP contribution in [0.15, 0.2) is 54.7 Å². The van der Waals surface area contributed by atoms with Crippen LogP contribution in [0.5, 0.6) is 0 Å². The summed E-state index contributed by atoms with van der Waals surface area (Å²) in [6.45, 7) is 3.11. The molecule has 1 saturated heterocycles. The molecule has 1 aromatic heterocycles. The van der Waals surface area contributed by atoms with Gasteiger partial charge in [-0.15, -0.1) is 0 Å². The minimum Gasteiger partial charge on any atom is -0.361 e. The summed E-state index contributed by atoms with van der Waals surface area (Å²) in [5.74, 6) is -0.312. The molecule has 2 N–H and O–H groups in total. The van der Waals surface area contributed by atoms with E-state index in [2.05, 4.69) is 29.4 Å². The molecule has 28 heavy (non-hydrogen) atoms. The molecule has 0 unspecified atom stereocenters. The van der Waals surface area contributed by atoms with E-state index in [0.717, 1.165) is 24.0 Å². The molecule has 5 heteroatoms. The van der Waals surface area contributed by atoms with Crippen LogP contribution in [-0.2, 0) is 22.4 Å². The van der Waals surface area contributed by atoms with Crippen LogP contribution < -0.4 is 10.2 Å². The third-order valence-corrected chi connectivity index (χ3v) is 5.49. The molecule has 0 bridgehead atoms. The minimum atomic E-state index is -0.291. The quantitative estimate of drug-likeness (QED) is 0.693. The summed E-state index contributed by atoms with van der Waals surface area (Å²) in [4.78, 5) is 30.0. The van der Waals surface area contributed by atoms with Crippen molar-refractivity contribution >= 4 is 28.4 Å². The Morgan fingerprint density at radius 1 is 1.21 bits per heavy atom. The number of hydrogen-bond donors (Lipinski definition) is 2. The van der Waals surface area contributed by atoms with Gasteiger partial charge in [0.2, 0.25) is 11.8 Å². The lowest BCUT2D eigenvalue weighted by atomic mass is 10.1. The van der Waals surface area contributed by atoms with E-state index in [1.807, 2.05) is 42.6 Å². The summed E-state index contributed by atoms with van der Waals surface area (Å²) in [5.41, 5.74) is 4.38. The monoisotopic (exact) mass is 375 g/mol. The molecular formula is C23H25N3O2. The zero-order valence-electron chi connectivity index (χ0n) is 16.1. The van der Waals surface area contributed by atoms with Gasteiger partial charge in [0.1, 0.15) is 0 Å². The highest BCUT2D eigenvalue weighted by Gasteiger charge is 2.35. The number of aromatic nitrogens is 1. The SMILES string of the molecule is CCc1cccc(N2C[C@@H](C(=O)NCCc3c[nH]c4ccccc34)CC2=O)c1. The van der Waals surface area contributed by atoms with Crippen molar-refractivity contribution in [2.24, 2.45) is 5.92 Å². The van der Waals surface area contributed by atoms with E-state index in [1.54, 1.807) is 4.90 Å². The molecule has 0 saturated carbocycles. The van der Waals surface area contributed by atoms with Gasteiger partial charge in [0, 0.05) is 42.3 Å². The molecule has 0 aliphatic carbocycles. The van der Waals surface area contributed by atoms with Gasteiger partial charge < -0.3 is 15.2 Å². The molecule has 1 fully saturated rings. The molecule has 144 valence electrons. The number of hydrogen-bond acceptors (Lipinski definition) is 2. The van der Waals surface area contributed by atoms with E-state index in [9.17, 15) is 9.59 Å². The van der Waals surface area contributed by atoms with Crippen molar-refractivity contribution in [3.63, 3.8) is 0 Å². The number of carbonyl (C=O) groups is 2. The Hall–Kier alpha value is -3.08. The van der Waals surface area contributed by atoms with Gasteiger partial charge >= 0.3 is 0 Å². The summed E-state index contributed by atoms with van der Waals surface area (Å²) in [7, 11) is 0. The Balaban J connectivity index is 1.34. The van der Waals surface area contributed by atoms with Gasteiger partial charge in [-0.3, -0.25) is 9.59 Å². The fourth-order valence-electron chi connectivity index (χ4n) is 3.88. The molecular weight excluding hydrogens is 350 g/mol. The Labute approximate surface area is 164 Å². The summed E-state index contributed by atoms with van der Waals surface area (Å²) in [5, 5.41) is 4.20. The molecule has 3 aromatic rings. The smallest absolute Gasteiger partial charge is 0.227 e. The van der Waals surface area contributed by atoms with Crippen LogP contribution in [0.2, 0.25) is 0 Å². The number of amides is 2. The molecule has 2 amide bonds. The van der Waals surface area contributed by atoms with Crippen molar-refractivity contribution in [1.82, 2.24) is 10.3 Å². The highest BCUT2D eigenvalue weighted by molar-refractivity contribution is 6.00. The fourth-order valence-corrected chi connectivity index (χ4v) is 3.88. The third-order valence-electron chi connectivity index (χ3n) is 5.49. The fraction of sp³-hybridized carbons (Fsp3) is 0.304. The number of benzene rings is 2. The van der Waals surface area contributed by atoms with E-state index in [1.165, 1.54) is 16.5 Å². The predicted octanol–water partition coefficient (Wildman–Crippen LogP) is 3.44. The van der Waals surface area contributed by atoms with Crippen molar-refractivity contribution in [3.8, 4) is 0 Å². The normalized spacial score (nSPS) is 16.7. The number of carbonyl (C=O) groups excluding carboxylic acids is 2. The van der Waals surface area contributed by atoms with Crippen LogP contribution in [0.25, 0.3) is 10.9 Å². The molecule has 1 aliphatic rings. The number of H-pyrrole nitrogens is 1. The Bertz CT molecular complexity index is 1010. The Kier molecular flexibility index (Phi) is 5.15. The molecule has 2 aromatic carbocycles. The van der Waals surface area contributed by atoms with E-state index in [-0.39, 0.29) is 24.2 Å². The lowest BCUT2D eigenvalue weighted by molar-refractivity contribution is -0.126. The second-order valence-electron chi connectivity index (χ2n) is 7.33. The molecule has 1 atom stereocenters. The maximum Gasteiger partial charge on any atom is 0.227 e. The first-order valence-electron chi connectivity index (χ1n) is 9.87. The van der Waals surface area contributed by atoms with Crippen LogP contribution in [-0.4, -0.2) is 29.9 Å². The summed E-state index contributed by atoms with van der Waals surface area (Å²) >= 11 is 0. The summed E-state index contributed by atoms with van der Waals surface area (Å²) < 4.78 is 0. The number of nitrogens with zero attached hydrogens (tertiary/aromatic N) is 1. The molecule has 0 radical (unpaired) electrons. The Morgan fingerprint density at radius 3 is 2.93 bits per heavy atom. The maximum atomic E-state index is 12.6. The van der Waals surface area contributed by atoms with Crippen LogP contribution in [0, 0.1) is 5.92 Å². The summed E-state index contributed by atoms with van der Waals surface area (Å²) in [6, 6.07) is 16.1. The second kappa shape index (κ2) is 7.89. The van der Waals surface area contributed by atoms with E-state index < -0.39 is 0 Å². The van der Waals surface area contributed by atoms with Gasteiger partial charge in [0.15, 0.2) is 0 Å². The lowest BCUT2D eigenvalue weighted by Crippen LogP contribution is -2.34. The van der Waals surface area contributed by atoms with Gasteiger partial charge in [-0.2, -0.15) is 0 Å². The molecule has 2 heterocycles. The number of anilines is 1. The average molecular weight is 375 g/mol. The largest absolute Gasteiger partial charge is 0.361 e. The van der Waals surface area contributed by atoms with E-state index >= 15 is 0 Å². The van der Waals surface area contributed by atoms with Crippen molar-refractivity contribution in [2.75, 3.05) is 18.0 Å². The zero-order chi connectivity index (χ0) is 19.5. The Morgan fingerprint density at radius 2 is 2.07 bits per heavy atom. The zero-order valence-corrected chi connectivity index (χ0v) is 16.1. The van der Waals surface area contributed by atoms with Gasteiger partial charge in [-0.1, -0.05) is 37.3 Å². The predicted molar refractivity (Wildman–Crippen MR) is 111 cm³/mol. The van der Waals surface area contributed by atoms with Crippen molar-refractivity contribution in [1.29, 1.82) is 0 Å². The van der Waals surface area contributed by atoms with Crippen molar-refractivity contribution in [3.05, 3.63) is 65.9 Å². The highest BCUT2D eigenvalue weighted by atomic mass is 16.2. The number of rotatable bonds is 6. The standard InChI is InChI=1S/C23H25N3O2/c1-2-16-6-5-7-19(12-16)26-15-18(13-22(26)27)23(28)24-11-10-17-14-25-21-9-4-3-8-20(17)21/h3-9,12,14,18,25H,2,10-11,13,15H2,1H3,(H,24,28)/t18-/m0/s1. The first-order chi connectivity index (χ1) is 13.7. The molecule has 5 nitrogen and oxygen atoms in total. The van der Waals surface area contributed by atoms with Gasteiger partial charge in [0.25, 0.3) is 0 Å². The number of aryl methyl sites for hydroxylation is 1. The van der Waals surface area contributed by atoms with E-state index in [0.29, 0.717) is 13.1 Å². The van der Waals surface area contributed by atoms with Crippen molar-refractivity contribution in [2.45, 2.75) is 26.2 Å². The highest BCUT2D eigenvalue weighted by Crippen LogP contribution is 2.26. The van der Waals surface area contributed by atoms with E-state index in [4.69, 9.17) is 0 Å². The third kappa shape index (κ3) is 3.65. The molecule has 1 aliphatic heterocycles. The van der Waals surface area contributed by atoms with Gasteiger partial charge in [-0.05, 0) is 42.2 Å². The number of fused-ring (bicyclic) bond motifs is 1. The molecule has 0 spiro atoms. The van der Waals surface area contributed by atoms with Crippen LogP contribution in [0.4, 0.5) is 5.69 Å². The number of nitrogens with one attached hydrogen (secondary N) is 2. The minimum absolute atomic E-state index is 0.0185. The average Bonchev–Trinajstić information content (AvgIpc) is 3.32. The second-order valence-corrected chi connectivity index (χ2v) is 7.33. The number of para-hydroxylation sites is 1. The first-order valence-corrected chi connectivity index (χ1v) is 9.87. The molecule has 4 rings (SSSR count). The van der Waals surface area contributed by atoms with Crippen LogP contribution >= 0.6 is 0 Å². The lowest BCUT2D eigenvalue weighted by Gasteiger charge is -2.17. The topological polar surface area (TPSA) is 65.2 Å². The van der Waals surface area contributed by atoms with Crippen LogP contribution in [0.1, 0.15) is 24.5 Å². The van der Waals surface area contributed by atoms with Gasteiger partial charge in [0.05, 0.1) is 5.92 Å². The number of aromatic amines is 1. The first kappa shape index (κ1) is 18.3. The van der Waals surface area contributed by atoms with Crippen molar-refractivity contribution < 1.29 is 9.59 Å². The van der Waals surface area contributed by atoms with Gasteiger partial charge in [-0.25, -0.2) is 0 Å². The maximum absolute atomic E-state index is 12.6. The summed E-state index contributed by atoms with van der Waals surface area (Å²) in [6.07, 6.45) is 3.96.